The number of hydrogen-bond donors (Lipinski definition) is 2. The van der Waals surface area contributed by atoms with Gasteiger partial charge in [-0.15, -0.1) is 0 Å². The van der Waals surface area contributed by atoms with Gasteiger partial charge >= 0.3 is 0 Å². The van der Waals surface area contributed by atoms with Gasteiger partial charge in [-0.3, -0.25) is 14.6 Å². The number of allylic oxidation sites excluding steroid dienone is 1. The number of aliphatic imine (C=N–C) groups is 1. The number of carbonyl (C=O) groups is 2. The smallest absolute Gasteiger partial charge is 0.250 e. The molecule has 2 aliphatic heterocycles. The van der Waals surface area contributed by atoms with Gasteiger partial charge in [-0.2, -0.15) is 0 Å². The second kappa shape index (κ2) is 12.6. The second-order valence-corrected chi connectivity index (χ2v) is 9.83. The molecule has 37 heavy (non-hydrogen) atoms. The van der Waals surface area contributed by atoms with Crippen LogP contribution in [-0.4, -0.2) is 59.7 Å². The summed E-state index contributed by atoms with van der Waals surface area (Å²) in [6.45, 7) is 5.93. The molecular weight excluding hydrogens is 466 g/mol. The van der Waals surface area contributed by atoms with Gasteiger partial charge in [-0.25, -0.2) is 4.98 Å². The second-order valence-electron chi connectivity index (χ2n) is 9.83. The molecule has 2 aromatic rings. The van der Waals surface area contributed by atoms with Crippen LogP contribution in [0.5, 0.6) is 5.88 Å². The van der Waals surface area contributed by atoms with E-state index >= 15 is 0 Å². The van der Waals surface area contributed by atoms with E-state index in [1.165, 1.54) is 0 Å². The number of nitrogens with zero attached hydrogens (tertiary/aromatic N) is 3. The fourth-order valence-electron chi connectivity index (χ4n) is 4.60. The van der Waals surface area contributed by atoms with E-state index in [0.29, 0.717) is 35.7 Å². The number of aromatic nitrogens is 1. The van der Waals surface area contributed by atoms with Crippen molar-refractivity contribution < 1.29 is 14.3 Å². The molecule has 1 saturated heterocycles. The number of ether oxygens (including phenoxy) is 1. The zero-order valence-electron chi connectivity index (χ0n) is 22.0. The minimum absolute atomic E-state index is 0.164. The van der Waals surface area contributed by atoms with Crippen molar-refractivity contribution in [3.8, 4) is 5.88 Å². The number of pyridine rings is 1. The number of anilines is 1. The van der Waals surface area contributed by atoms with E-state index in [-0.39, 0.29) is 17.9 Å². The fraction of sp³-hybridized carbons (Fsp3) is 0.448. The van der Waals surface area contributed by atoms with Gasteiger partial charge in [0.25, 0.3) is 0 Å². The maximum atomic E-state index is 13.2. The van der Waals surface area contributed by atoms with Crippen molar-refractivity contribution in [1.82, 2.24) is 15.2 Å². The molecule has 1 aromatic carbocycles. The van der Waals surface area contributed by atoms with E-state index < -0.39 is 6.04 Å². The summed E-state index contributed by atoms with van der Waals surface area (Å²) in [5.41, 5.74) is 3.73. The Hall–Kier alpha value is -3.52. The molecule has 196 valence electrons. The Morgan fingerprint density at radius 3 is 2.57 bits per heavy atom. The van der Waals surface area contributed by atoms with Gasteiger partial charge in [0.05, 0.1) is 17.6 Å². The summed E-state index contributed by atoms with van der Waals surface area (Å²) in [7, 11) is 2.11. The number of benzene rings is 1. The van der Waals surface area contributed by atoms with Gasteiger partial charge in [0.1, 0.15) is 12.1 Å². The molecule has 1 aromatic heterocycles. The van der Waals surface area contributed by atoms with Crippen LogP contribution in [0.4, 0.5) is 5.69 Å². The van der Waals surface area contributed by atoms with Crippen molar-refractivity contribution in [2.45, 2.75) is 64.5 Å². The summed E-state index contributed by atoms with van der Waals surface area (Å²) < 4.78 is 6.00. The highest BCUT2D eigenvalue weighted by atomic mass is 16.5. The highest BCUT2D eigenvalue weighted by Gasteiger charge is 2.27. The van der Waals surface area contributed by atoms with Crippen LogP contribution in [0.3, 0.4) is 0 Å². The molecule has 0 radical (unpaired) electrons. The van der Waals surface area contributed by atoms with Crippen molar-refractivity contribution in [2.24, 2.45) is 4.99 Å². The van der Waals surface area contributed by atoms with Gasteiger partial charge in [0.15, 0.2) is 0 Å². The average Bonchev–Trinajstić information content (AvgIpc) is 3.31. The SMILES string of the molecule is CCCCC(NC(=O)C1=C(C)N=C(c2ccccc2)C1)C(=O)Nc1ccc(OC2CCN(C)CC2)nc1. The first-order chi connectivity index (χ1) is 17.9. The zero-order valence-corrected chi connectivity index (χ0v) is 22.0. The van der Waals surface area contributed by atoms with Crippen molar-refractivity contribution in [1.29, 1.82) is 0 Å². The molecule has 3 heterocycles. The van der Waals surface area contributed by atoms with E-state index in [2.05, 4.69) is 39.5 Å². The van der Waals surface area contributed by atoms with Crippen LogP contribution < -0.4 is 15.4 Å². The maximum Gasteiger partial charge on any atom is 0.250 e. The molecule has 4 rings (SSSR count). The molecule has 8 nitrogen and oxygen atoms in total. The van der Waals surface area contributed by atoms with E-state index in [4.69, 9.17) is 4.74 Å². The Labute approximate surface area is 219 Å². The quantitative estimate of drug-likeness (QED) is 0.503. The van der Waals surface area contributed by atoms with Crippen LogP contribution in [0.25, 0.3) is 0 Å². The Bertz CT molecular complexity index is 1140. The fourth-order valence-corrected chi connectivity index (χ4v) is 4.60. The van der Waals surface area contributed by atoms with Crippen molar-refractivity contribution in [3.63, 3.8) is 0 Å². The molecule has 2 N–H and O–H groups in total. The van der Waals surface area contributed by atoms with E-state index in [1.807, 2.05) is 37.3 Å². The molecule has 1 fully saturated rings. The van der Waals surface area contributed by atoms with Crippen LogP contribution in [0.1, 0.15) is 57.9 Å². The number of rotatable bonds is 10. The standard InChI is InChI=1S/C29H37N5O3/c1-4-5-11-25(33-28(35)24-18-26(31-20(24)2)21-9-7-6-8-10-21)29(36)32-22-12-13-27(30-19-22)37-23-14-16-34(3)17-15-23/h6-10,12-13,19,23,25H,4-5,11,14-18H2,1-3H3,(H,32,36)(H,33,35). The molecule has 0 bridgehead atoms. The van der Waals surface area contributed by atoms with Gasteiger partial charge in [0.2, 0.25) is 17.7 Å². The molecule has 0 aliphatic carbocycles. The van der Waals surface area contributed by atoms with Gasteiger partial charge in [0, 0.05) is 36.8 Å². The number of unbranched alkanes of at least 4 members (excludes halogenated alkanes) is 1. The summed E-state index contributed by atoms with van der Waals surface area (Å²) in [4.78, 5) is 37.6. The molecule has 1 unspecified atom stereocenters. The van der Waals surface area contributed by atoms with Gasteiger partial charge < -0.3 is 20.3 Å². The number of likely N-dealkylation sites (tertiary alicyclic amines) is 1. The number of hydrogen-bond acceptors (Lipinski definition) is 6. The molecule has 2 aliphatic rings. The zero-order chi connectivity index (χ0) is 26.2. The maximum absolute atomic E-state index is 13.2. The molecule has 2 amide bonds. The summed E-state index contributed by atoms with van der Waals surface area (Å²) in [6, 6.07) is 12.8. The van der Waals surface area contributed by atoms with Crippen LogP contribution in [0, 0.1) is 0 Å². The Morgan fingerprint density at radius 1 is 1.14 bits per heavy atom. The first-order valence-electron chi connectivity index (χ1n) is 13.2. The first kappa shape index (κ1) is 26.5. The topological polar surface area (TPSA) is 95.9 Å². The lowest BCUT2D eigenvalue weighted by atomic mass is 10.0. The van der Waals surface area contributed by atoms with Gasteiger partial charge in [-0.05, 0) is 44.9 Å². The predicted octanol–water partition coefficient (Wildman–Crippen LogP) is 4.34. The lowest BCUT2D eigenvalue weighted by Crippen LogP contribution is -2.44. The van der Waals surface area contributed by atoms with E-state index in [1.54, 1.807) is 18.3 Å². The normalized spacial score (nSPS) is 17.3. The Balaban J connectivity index is 1.34. The van der Waals surface area contributed by atoms with Crippen LogP contribution >= 0.6 is 0 Å². The molecular formula is C29H37N5O3. The lowest BCUT2D eigenvalue weighted by Gasteiger charge is -2.28. The van der Waals surface area contributed by atoms with Crippen molar-refractivity contribution >= 4 is 23.2 Å². The molecule has 0 spiro atoms. The Kier molecular flexibility index (Phi) is 9.06. The van der Waals surface area contributed by atoms with Gasteiger partial charge in [-0.1, -0.05) is 50.1 Å². The largest absolute Gasteiger partial charge is 0.474 e. The summed E-state index contributed by atoms with van der Waals surface area (Å²) in [5.74, 6) is 0.0534. The molecule has 8 heteroatoms. The number of carbonyl (C=O) groups excluding carboxylic acids is 2. The molecule has 0 saturated carbocycles. The van der Waals surface area contributed by atoms with Crippen LogP contribution in [0.15, 0.2) is 64.9 Å². The monoisotopic (exact) mass is 503 g/mol. The van der Waals surface area contributed by atoms with Crippen LogP contribution in [-0.2, 0) is 9.59 Å². The molecule has 1 atom stereocenters. The van der Waals surface area contributed by atoms with Crippen molar-refractivity contribution in [2.75, 3.05) is 25.5 Å². The minimum Gasteiger partial charge on any atom is -0.474 e. The third kappa shape index (κ3) is 7.26. The lowest BCUT2D eigenvalue weighted by molar-refractivity contribution is -0.124. The summed E-state index contributed by atoms with van der Waals surface area (Å²) >= 11 is 0. The number of piperidine rings is 1. The summed E-state index contributed by atoms with van der Waals surface area (Å²) in [5, 5.41) is 5.86. The number of nitrogens with one attached hydrogen (secondary N) is 2. The first-order valence-corrected chi connectivity index (χ1v) is 13.2. The average molecular weight is 504 g/mol. The highest BCUT2D eigenvalue weighted by molar-refractivity contribution is 6.11. The van der Waals surface area contributed by atoms with E-state index in [0.717, 1.165) is 50.0 Å². The van der Waals surface area contributed by atoms with Crippen molar-refractivity contribution in [3.05, 3.63) is 65.5 Å². The number of amides is 2. The van der Waals surface area contributed by atoms with E-state index in [9.17, 15) is 9.59 Å². The Morgan fingerprint density at radius 2 is 1.89 bits per heavy atom. The minimum atomic E-state index is -0.649. The third-order valence-corrected chi connectivity index (χ3v) is 6.89. The third-order valence-electron chi connectivity index (χ3n) is 6.89. The summed E-state index contributed by atoms with van der Waals surface area (Å²) in [6.07, 6.45) is 6.47. The van der Waals surface area contributed by atoms with Crippen LogP contribution in [0.2, 0.25) is 0 Å². The predicted molar refractivity (Wildman–Crippen MR) is 146 cm³/mol. The highest BCUT2D eigenvalue weighted by Crippen LogP contribution is 2.24.